The first kappa shape index (κ1) is 15.5. The molecule has 0 radical (unpaired) electrons. The summed E-state index contributed by atoms with van der Waals surface area (Å²) in [4.78, 5) is 4.95. The molecule has 3 rings (SSSR count). The van der Waals surface area contributed by atoms with E-state index in [1.807, 2.05) is 35.2 Å². The van der Waals surface area contributed by atoms with Gasteiger partial charge in [-0.2, -0.15) is 4.39 Å². The van der Waals surface area contributed by atoms with Gasteiger partial charge in [0.15, 0.2) is 0 Å². The molecule has 1 fully saturated rings. The van der Waals surface area contributed by atoms with Gasteiger partial charge in [-0.15, -0.1) is 11.6 Å². The maximum atomic E-state index is 12.9. The lowest BCUT2D eigenvalue weighted by atomic mass is 10.2. The van der Waals surface area contributed by atoms with E-state index in [0.717, 1.165) is 11.3 Å². The first-order valence-electron chi connectivity index (χ1n) is 7.05. The van der Waals surface area contributed by atoms with Crippen LogP contribution in [0, 0.1) is 5.95 Å². The summed E-state index contributed by atoms with van der Waals surface area (Å²) in [7, 11) is 0. The van der Waals surface area contributed by atoms with Crippen LogP contribution in [0.25, 0.3) is 0 Å². The van der Waals surface area contributed by atoms with Crippen LogP contribution in [0.2, 0.25) is 0 Å². The largest absolute Gasteiger partial charge is 0.366 e. The van der Waals surface area contributed by atoms with Crippen molar-refractivity contribution < 1.29 is 4.39 Å². The molecule has 22 heavy (non-hydrogen) atoms. The summed E-state index contributed by atoms with van der Waals surface area (Å²) < 4.78 is 12.9. The van der Waals surface area contributed by atoms with Crippen molar-refractivity contribution in [3.63, 3.8) is 0 Å². The van der Waals surface area contributed by atoms with E-state index >= 15 is 0 Å². The fourth-order valence-corrected chi connectivity index (χ4v) is 3.14. The smallest absolute Gasteiger partial charge is 0.212 e. The van der Waals surface area contributed by atoms with E-state index in [1.165, 1.54) is 12.3 Å². The van der Waals surface area contributed by atoms with Crippen molar-refractivity contribution in [2.24, 2.45) is 0 Å². The van der Waals surface area contributed by atoms with Gasteiger partial charge < -0.3 is 4.90 Å². The Bertz CT molecular complexity index is 623. The lowest BCUT2D eigenvalue weighted by molar-refractivity contribution is 0.497. The van der Waals surface area contributed by atoms with Crippen LogP contribution in [0.3, 0.4) is 0 Å². The Balaban J connectivity index is 1.67. The zero-order valence-corrected chi connectivity index (χ0v) is 13.4. The van der Waals surface area contributed by atoms with E-state index in [9.17, 15) is 4.39 Å². The van der Waals surface area contributed by atoms with E-state index in [1.54, 1.807) is 6.07 Å². The molecule has 1 aliphatic heterocycles. The molecular formula is C16H16Cl2FN3. The minimum Gasteiger partial charge on any atom is -0.366 e. The third-order valence-electron chi connectivity index (χ3n) is 3.80. The number of benzene rings is 1. The molecule has 1 N–H and O–H groups in total. The Morgan fingerprint density at radius 2 is 2.05 bits per heavy atom. The number of nitrogens with one attached hydrogen (secondary N) is 1. The number of aromatic nitrogens is 1. The summed E-state index contributed by atoms with van der Waals surface area (Å²) in [6, 6.07) is 13.0. The molecule has 2 atom stereocenters. The van der Waals surface area contributed by atoms with Crippen LogP contribution in [0.15, 0.2) is 48.7 Å². The average molecular weight is 340 g/mol. The topological polar surface area (TPSA) is 28.2 Å². The predicted octanol–water partition coefficient (Wildman–Crippen LogP) is 3.37. The number of alkyl halides is 2. The van der Waals surface area contributed by atoms with Crippen molar-refractivity contribution in [2.75, 3.05) is 18.0 Å². The van der Waals surface area contributed by atoms with Gasteiger partial charge in [-0.1, -0.05) is 41.9 Å². The van der Waals surface area contributed by atoms with Crippen molar-refractivity contribution in [3.8, 4) is 0 Å². The summed E-state index contributed by atoms with van der Waals surface area (Å²) in [6.45, 7) is 1.76. The number of hydrogen-bond acceptors (Lipinski definition) is 3. The third kappa shape index (κ3) is 3.35. The molecule has 1 unspecified atom stereocenters. The van der Waals surface area contributed by atoms with Crippen LogP contribution in [-0.2, 0) is 6.54 Å². The van der Waals surface area contributed by atoms with E-state index in [2.05, 4.69) is 10.3 Å². The molecule has 2 aromatic rings. The zero-order chi connectivity index (χ0) is 15.6. The lowest BCUT2D eigenvalue weighted by Gasteiger charge is -2.26. The highest BCUT2D eigenvalue weighted by Gasteiger charge is 2.44. The van der Waals surface area contributed by atoms with Crippen molar-refractivity contribution in [2.45, 2.75) is 16.9 Å². The first-order valence-corrected chi connectivity index (χ1v) is 7.87. The second-order valence-electron chi connectivity index (χ2n) is 5.39. The molecule has 0 amide bonds. The van der Waals surface area contributed by atoms with Gasteiger partial charge in [-0.3, -0.25) is 5.32 Å². The summed E-state index contributed by atoms with van der Waals surface area (Å²) in [5.41, 5.74) is 1.96. The molecule has 0 aliphatic carbocycles. The Morgan fingerprint density at radius 1 is 1.27 bits per heavy atom. The highest BCUT2D eigenvalue weighted by Crippen LogP contribution is 2.33. The molecule has 1 saturated heterocycles. The second kappa shape index (κ2) is 6.41. The summed E-state index contributed by atoms with van der Waals surface area (Å²) in [5, 5.41) is 3.07. The molecule has 0 spiro atoms. The normalized spacial score (nSPS) is 24.7. The summed E-state index contributed by atoms with van der Waals surface area (Å²) in [6.07, 6.45) is 1.50. The maximum absolute atomic E-state index is 12.9. The number of halogens is 3. The standard InChI is InChI=1S/C16H16Cl2FN3/c17-14-10-22(13-6-7-15(19)20-9-13)11-16(14,18)21-8-12-4-2-1-3-5-12/h1-7,9,14,21H,8,10-11H2/t14?,16-/m1/s1. The van der Waals surface area contributed by atoms with Crippen LogP contribution in [0.5, 0.6) is 0 Å². The number of pyridine rings is 1. The molecule has 6 heteroatoms. The fraction of sp³-hybridized carbons (Fsp3) is 0.312. The van der Waals surface area contributed by atoms with Crippen LogP contribution in [-0.4, -0.2) is 28.4 Å². The molecule has 1 aliphatic rings. The highest BCUT2D eigenvalue weighted by atomic mass is 35.5. The highest BCUT2D eigenvalue weighted by molar-refractivity contribution is 6.33. The third-order valence-corrected chi connectivity index (χ3v) is 4.94. The van der Waals surface area contributed by atoms with Crippen LogP contribution >= 0.6 is 23.2 Å². The Kier molecular flexibility index (Phi) is 4.52. The minimum absolute atomic E-state index is 0.261. The zero-order valence-electron chi connectivity index (χ0n) is 11.8. The molecule has 1 aromatic heterocycles. The minimum atomic E-state index is -0.730. The quantitative estimate of drug-likeness (QED) is 0.525. The van der Waals surface area contributed by atoms with Gasteiger partial charge in [0.05, 0.1) is 23.8 Å². The van der Waals surface area contributed by atoms with Crippen LogP contribution in [0.4, 0.5) is 10.1 Å². The number of hydrogen-bond donors (Lipinski definition) is 1. The van der Waals surface area contributed by atoms with E-state index in [-0.39, 0.29) is 5.38 Å². The number of rotatable bonds is 4. The van der Waals surface area contributed by atoms with Crippen LogP contribution < -0.4 is 10.2 Å². The molecule has 116 valence electrons. The first-order chi connectivity index (χ1) is 10.6. The van der Waals surface area contributed by atoms with Gasteiger partial charge in [0, 0.05) is 13.1 Å². The van der Waals surface area contributed by atoms with Gasteiger partial charge in [0.25, 0.3) is 0 Å². The number of anilines is 1. The molecule has 3 nitrogen and oxygen atoms in total. The van der Waals surface area contributed by atoms with Crippen LogP contribution in [0.1, 0.15) is 5.56 Å². The lowest BCUT2D eigenvalue weighted by Crippen LogP contribution is -2.47. The van der Waals surface area contributed by atoms with E-state index < -0.39 is 10.9 Å². The average Bonchev–Trinajstić information content (AvgIpc) is 2.83. The monoisotopic (exact) mass is 339 g/mol. The number of nitrogens with zero attached hydrogens (tertiary/aromatic N) is 2. The van der Waals surface area contributed by atoms with E-state index in [0.29, 0.717) is 19.6 Å². The van der Waals surface area contributed by atoms with Gasteiger partial charge in [0.1, 0.15) is 5.00 Å². The SMILES string of the molecule is Fc1ccc(N2CC(Cl)[C@](Cl)(NCc3ccccc3)C2)cn1. The predicted molar refractivity (Wildman–Crippen MR) is 87.9 cm³/mol. The molecular weight excluding hydrogens is 324 g/mol. The summed E-state index contributed by atoms with van der Waals surface area (Å²) >= 11 is 13.1. The maximum Gasteiger partial charge on any atom is 0.212 e. The fourth-order valence-electron chi connectivity index (χ4n) is 2.54. The van der Waals surface area contributed by atoms with Gasteiger partial charge in [-0.05, 0) is 17.7 Å². The Labute approximate surface area is 139 Å². The summed E-state index contributed by atoms with van der Waals surface area (Å²) in [5.74, 6) is -0.496. The van der Waals surface area contributed by atoms with Crippen molar-refractivity contribution in [1.82, 2.24) is 10.3 Å². The molecule has 0 saturated carbocycles. The van der Waals surface area contributed by atoms with Crippen molar-refractivity contribution >= 4 is 28.9 Å². The van der Waals surface area contributed by atoms with E-state index in [4.69, 9.17) is 23.2 Å². The second-order valence-corrected chi connectivity index (χ2v) is 6.59. The molecule has 1 aromatic carbocycles. The molecule has 0 bridgehead atoms. The Morgan fingerprint density at radius 3 is 2.73 bits per heavy atom. The van der Waals surface area contributed by atoms with Gasteiger partial charge in [-0.25, -0.2) is 4.98 Å². The van der Waals surface area contributed by atoms with Gasteiger partial charge >= 0.3 is 0 Å². The molecule has 2 heterocycles. The Hall–Kier alpha value is -1.36. The van der Waals surface area contributed by atoms with Crippen molar-refractivity contribution in [1.29, 1.82) is 0 Å². The van der Waals surface area contributed by atoms with Gasteiger partial charge in [0.2, 0.25) is 5.95 Å². The van der Waals surface area contributed by atoms with Crippen molar-refractivity contribution in [3.05, 3.63) is 60.2 Å².